The average Bonchev–Trinajstić information content (AvgIpc) is 2.85. The number of nitrogens with one attached hydrogen (secondary N) is 1. The molecule has 4 nitrogen and oxygen atoms in total. The van der Waals surface area contributed by atoms with Crippen LogP contribution in [-0.2, 0) is 0 Å². The van der Waals surface area contributed by atoms with Crippen molar-refractivity contribution < 1.29 is 9.90 Å². The van der Waals surface area contributed by atoms with E-state index in [9.17, 15) is 4.79 Å². The smallest absolute Gasteiger partial charge is 0.270 e. The maximum atomic E-state index is 11.7. The molecule has 2 rings (SSSR count). The summed E-state index contributed by atoms with van der Waals surface area (Å²) >= 11 is 13.2. The molecule has 100 valence electrons. The summed E-state index contributed by atoms with van der Waals surface area (Å²) in [6.45, 7) is 0.0964. The molecule has 0 aliphatic carbocycles. The first-order valence-electron chi connectivity index (χ1n) is 5.42. The molecule has 0 atom stereocenters. The maximum absolute atomic E-state index is 11.7. The molecule has 1 amide bonds. The summed E-state index contributed by atoms with van der Waals surface area (Å²) in [5.74, 6) is -0.318. The van der Waals surface area contributed by atoms with Gasteiger partial charge in [-0.2, -0.15) is 0 Å². The van der Waals surface area contributed by atoms with Crippen molar-refractivity contribution in [3.05, 3.63) is 39.3 Å². The minimum absolute atomic E-state index is 0.105. The number of hydrogen-bond donors (Lipinski definition) is 2. The SMILES string of the molecule is O=C(NCCO)c1csc(-c2ccc(Cl)cc2Cl)n1. The van der Waals surface area contributed by atoms with Gasteiger partial charge in [0.2, 0.25) is 0 Å². The Hall–Kier alpha value is -1.14. The lowest BCUT2D eigenvalue weighted by Crippen LogP contribution is -2.26. The van der Waals surface area contributed by atoms with Crippen LogP contribution in [0.1, 0.15) is 10.5 Å². The summed E-state index contributed by atoms with van der Waals surface area (Å²) < 4.78 is 0. The lowest BCUT2D eigenvalue weighted by Gasteiger charge is -2.01. The van der Waals surface area contributed by atoms with Crippen LogP contribution in [0.15, 0.2) is 23.6 Å². The number of aliphatic hydroxyl groups is 1. The number of carbonyl (C=O) groups is 1. The zero-order chi connectivity index (χ0) is 13.8. The van der Waals surface area contributed by atoms with Crippen molar-refractivity contribution in [2.45, 2.75) is 0 Å². The van der Waals surface area contributed by atoms with Crippen LogP contribution in [0.3, 0.4) is 0 Å². The third-order valence-corrected chi connectivity index (χ3v) is 3.72. The number of halogens is 2. The Morgan fingerprint density at radius 2 is 2.21 bits per heavy atom. The highest BCUT2D eigenvalue weighted by Gasteiger charge is 2.13. The quantitative estimate of drug-likeness (QED) is 0.911. The number of rotatable bonds is 4. The van der Waals surface area contributed by atoms with Gasteiger partial charge < -0.3 is 10.4 Å². The zero-order valence-electron chi connectivity index (χ0n) is 9.69. The summed E-state index contributed by atoms with van der Waals surface area (Å²) in [5, 5.41) is 14.5. The number of benzene rings is 1. The van der Waals surface area contributed by atoms with E-state index in [2.05, 4.69) is 10.3 Å². The summed E-state index contributed by atoms with van der Waals surface area (Å²) in [5.41, 5.74) is 1.04. The van der Waals surface area contributed by atoms with Crippen LogP contribution < -0.4 is 5.32 Å². The standard InChI is InChI=1S/C12H10Cl2N2O2S/c13-7-1-2-8(9(14)5-7)12-16-10(6-19-12)11(18)15-3-4-17/h1-2,5-6,17H,3-4H2,(H,15,18). The second-order valence-electron chi connectivity index (χ2n) is 3.64. The first-order valence-corrected chi connectivity index (χ1v) is 7.05. The summed E-state index contributed by atoms with van der Waals surface area (Å²) in [6, 6.07) is 5.11. The van der Waals surface area contributed by atoms with Crippen molar-refractivity contribution >= 4 is 40.4 Å². The molecule has 19 heavy (non-hydrogen) atoms. The van der Waals surface area contributed by atoms with Crippen LogP contribution in [-0.4, -0.2) is 29.1 Å². The zero-order valence-corrected chi connectivity index (χ0v) is 12.0. The molecule has 2 N–H and O–H groups in total. The largest absolute Gasteiger partial charge is 0.395 e. The third-order valence-electron chi connectivity index (χ3n) is 2.30. The fourth-order valence-electron chi connectivity index (χ4n) is 1.42. The van der Waals surface area contributed by atoms with E-state index < -0.39 is 0 Å². The topological polar surface area (TPSA) is 62.2 Å². The molecule has 0 unspecified atom stereocenters. The van der Waals surface area contributed by atoms with E-state index in [1.165, 1.54) is 11.3 Å². The Labute approximate surface area is 124 Å². The predicted octanol–water partition coefficient (Wildman–Crippen LogP) is 2.84. The summed E-state index contributed by atoms with van der Waals surface area (Å²) in [4.78, 5) is 15.9. The molecule has 1 aromatic carbocycles. The highest BCUT2D eigenvalue weighted by atomic mass is 35.5. The number of carbonyl (C=O) groups excluding carboxylic acids is 1. The van der Waals surface area contributed by atoms with Gasteiger partial charge in [-0.05, 0) is 18.2 Å². The molecule has 0 saturated heterocycles. The maximum Gasteiger partial charge on any atom is 0.270 e. The summed E-state index contributed by atoms with van der Waals surface area (Å²) in [6.07, 6.45) is 0. The Morgan fingerprint density at radius 1 is 1.42 bits per heavy atom. The highest BCUT2D eigenvalue weighted by Crippen LogP contribution is 2.32. The van der Waals surface area contributed by atoms with Gasteiger partial charge in [-0.3, -0.25) is 4.79 Å². The second-order valence-corrected chi connectivity index (χ2v) is 5.34. The van der Waals surface area contributed by atoms with Crippen molar-refractivity contribution in [3.63, 3.8) is 0 Å². The molecule has 0 bridgehead atoms. The first-order chi connectivity index (χ1) is 9.11. The average molecular weight is 317 g/mol. The van der Waals surface area contributed by atoms with Gasteiger partial charge in [0.05, 0.1) is 11.6 Å². The molecule has 1 heterocycles. The van der Waals surface area contributed by atoms with E-state index in [1.807, 2.05) is 0 Å². The fourth-order valence-corrected chi connectivity index (χ4v) is 2.82. The van der Waals surface area contributed by atoms with E-state index in [1.54, 1.807) is 23.6 Å². The monoisotopic (exact) mass is 316 g/mol. The Kier molecular flexibility index (Phi) is 4.76. The summed E-state index contributed by atoms with van der Waals surface area (Å²) in [7, 11) is 0. The van der Waals surface area contributed by atoms with Gasteiger partial charge in [-0.25, -0.2) is 4.98 Å². The Morgan fingerprint density at radius 3 is 2.89 bits per heavy atom. The molecule has 0 spiro atoms. The van der Waals surface area contributed by atoms with Crippen molar-refractivity contribution in [1.82, 2.24) is 10.3 Å². The van der Waals surface area contributed by atoms with Gasteiger partial charge in [0, 0.05) is 22.5 Å². The number of hydrogen-bond acceptors (Lipinski definition) is 4. The van der Waals surface area contributed by atoms with Crippen molar-refractivity contribution in [2.75, 3.05) is 13.2 Å². The van der Waals surface area contributed by atoms with Crippen LogP contribution in [0.5, 0.6) is 0 Å². The number of aliphatic hydroxyl groups excluding tert-OH is 1. The van der Waals surface area contributed by atoms with Crippen LogP contribution in [0, 0.1) is 0 Å². The molecular weight excluding hydrogens is 307 g/mol. The van der Waals surface area contributed by atoms with Gasteiger partial charge >= 0.3 is 0 Å². The van der Waals surface area contributed by atoms with Crippen LogP contribution >= 0.6 is 34.5 Å². The predicted molar refractivity (Wildman–Crippen MR) is 77.0 cm³/mol. The van der Waals surface area contributed by atoms with E-state index >= 15 is 0 Å². The third kappa shape index (κ3) is 3.45. The Balaban J connectivity index is 2.23. The molecule has 0 aliphatic heterocycles. The van der Waals surface area contributed by atoms with E-state index in [-0.39, 0.29) is 19.1 Å². The number of nitrogens with zero attached hydrogens (tertiary/aromatic N) is 1. The van der Waals surface area contributed by atoms with Gasteiger partial charge in [-0.1, -0.05) is 23.2 Å². The molecule has 0 fully saturated rings. The molecule has 7 heteroatoms. The van der Waals surface area contributed by atoms with Crippen LogP contribution in [0.4, 0.5) is 0 Å². The normalized spacial score (nSPS) is 10.5. The van der Waals surface area contributed by atoms with Crippen molar-refractivity contribution in [1.29, 1.82) is 0 Å². The van der Waals surface area contributed by atoms with Crippen LogP contribution in [0.2, 0.25) is 10.0 Å². The molecule has 0 radical (unpaired) electrons. The van der Waals surface area contributed by atoms with Gasteiger partial charge in [0.15, 0.2) is 0 Å². The van der Waals surface area contributed by atoms with Gasteiger partial charge in [0.25, 0.3) is 5.91 Å². The van der Waals surface area contributed by atoms with E-state index in [0.29, 0.717) is 20.7 Å². The molecule has 0 saturated carbocycles. The van der Waals surface area contributed by atoms with E-state index in [4.69, 9.17) is 28.3 Å². The Bertz CT molecular complexity index is 601. The molecular formula is C12H10Cl2N2O2S. The lowest BCUT2D eigenvalue weighted by molar-refractivity contribution is 0.0940. The minimum Gasteiger partial charge on any atom is -0.395 e. The first kappa shape index (κ1) is 14.3. The van der Waals surface area contributed by atoms with Crippen molar-refractivity contribution in [3.8, 4) is 10.6 Å². The van der Waals surface area contributed by atoms with Crippen LogP contribution in [0.25, 0.3) is 10.6 Å². The van der Waals surface area contributed by atoms with E-state index in [0.717, 1.165) is 5.56 Å². The molecule has 2 aromatic rings. The van der Waals surface area contributed by atoms with Crippen molar-refractivity contribution in [2.24, 2.45) is 0 Å². The molecule has 1 aromatic heterocycles. The fraction of sp³-hybridized carbons (Fsp3) is 0.167. The second kappa shape index (κ2) is 6.34. The minimum atomic E-state index is -0.318. The highest BCUT2D eigenvalue weighted by molar-refractivity contribution is 7.13. The van der Waals surface area contributed by atoms with Gasteiger partial charge in [0.1, 0.15) is 10.7 Å². The lowest BCUT2D eigenvalue weighted by atomic mass is 10.2. The number of amides is 1. The van der Waals surface area contributed by atoms with Gasteiger partial charge in [-0.15, -0.1) is 11.3 Å². The molecule has 0 aliphatic rings. The number of aromatic nitrogens is 1. The number of thiazole rings is 1.